The third-order valence-electron chi connectivity index (χ3n) is 3.40. The first-order valence-corrected chi connectivity index (χ1v) is 7.58. The summed E-state index contributed by atoms with van der Waals surface area (Å²) in [5, 5.41) is 1.83. The molecule has 2 rings (SSSR count). The summed E-state index contributed by atoms with van der Waals surface area (Å²) in [5.41, 5.74) is 5.41. The maximum atomic E-state index is 12.2. The van der Waals surface area contributed by atoms with Gasteiger partial charge in [0.15, 0.2) is 0 Å². The number of hydrogen-bond donors (Lipinski definition) is 2. The number of nitrogens with two attached hydrogens (primary N) is 1. The molecule has 9 heteroatoms. The molecule has 18 heavy (non-hydrogen) atoms. The van der Waals surface area contributed by atoms with E-state index in [1.807, 2.05) is 0 Å². The SMILES string of the molecule is CC(C(N)=S)S(=O)(=O)N1CCN2C(=O)NCC2C1. The van der Waals surface area contributed by atoms with Gasteiger partial charge in [-0.15, -0.1) is 0 Å². The number of hydrogen-bond acceptors (Lipinski definition) is 4. The largest absolute Gasteiger partial charge is 0.392 e. The molecule has 2 amide bonds. The minimum Gasteiger partial charge on any atom is -0.392 e. The molecule has 7 nitrogen and oxygen atoms in total. The predicted molar refractivity (Wildman–Crippen MR) is 70.6 cm³/mol. The lowest BCUT2D eigenvalue weighted by Gasteiger charge is -2.36. The average Bonchev–Trinajstić information content (AvgIpc) is 2.69. The Labute approximate surface area is 111 Å². The van der Waals surface area contributed by atoms with Crippen molar-refractivity contribution >= 4 is 33.3 Å². The van der Waals surface area contributed by atoms with Crippen LogP contribution in [0.15, 0.2) is 0 Å². The van der Waals surface area contributed by atoms with Gasteiger partial charge in [0.05, 0.1) is 11.0 Å². The van der Waals surface area contributed by atoms with Crippen molar-refractivity contribution in [2.75, 3.05) is 26.2 Å². The van der Waals surface area contributed by atoms with Gasteiger partial charge in [-0.3, -0.25) is 0 Å². The molecule has 2 fully saturated rings. The molecule has 2 unspecified atom stereocenters. The molecule has 0 saturated carbocycles. The van der Waals surface area contributed by atoms with Gasteiger partial charge in [-0.1, -0.05) is 12.2 Å². The zero-order valence-corrected chi connectivity index (χ0v) is 11.6. The Hall–Kier alpha value is -0.930. The Balaban J connectivity index is 2.13. The first kappa shape index (κ1) is 13.5. The number of urea groups is 1. The lowest BCUT2D eigenvalue weighted by molar-refractivity contribution is 0.164. The number of carbonyl (C=O) groups is 1. The van der Waals surface area contributed by atoms with Gasteiger partial charge in [0.2, 0.25) is 10.0 Å². The van der Waals surface area contributed by atoms with Crippen molar-refractivity contribution in [3.63, 3.8) is 0 Å². The minimum absolute atomic E-state index is 0.0296. The van der Waals surface area contributed by atoms with Gasteiger partial charge in [0, 0.05) is 26.2 Å². The molecule has 0 spiro atoms. The van der Waals surface area contributed by atoms with Crippen LogP contribution in [0.4, 0.5) is 4.79 Å². The molecule has 0 aliphatic carbocycles. The summed E-state index contributed by atoms with van der Waals surface area (Å²) < 4.78 is 25.8. The monoisotopic (exact) mass is 292 g/mol. The van der Waals surface area contributed by atoms with Crippen LogP contribution in [0.3, 0.4) is 0 Å². The molecule has 2 saturated heterocycles. The zero-order chi connectivity index (χ0) is 13.5. The third-order valence-corrected chi connectivity index (χ3v) is 6.10. The minimum atomic E-state index is -3.52. The van der Waals surface area contributed by atoms with Crippen molar-refractivity contribution in [2.24, 2.45) is 5.73 Å². The summed E-state index contributed by atoms with van der Waals surface area (Å²) in [6.07, 6.45) is 0. The lowest BCUT2D eigenvalue weighted by Crippen LogP contribution is -2.56. The number of nitrogens with one attached hydrogen (secondary N) is 1. The van der Waals surface area contributed by atoms with Gasteiger partial charge in [-0.05, 0) is 6.92 Å². The van der Waals surface area contributed by atoms with Crippen molar-refractivity contribution in [3.8, 4) is 0 Å². The van der Waals surface area contributed by atoms with E-state index >= 15 is 0 Å². The molecule has 102 valence electrons. The number of amides is 2. The second-order valence-electron chi connectivity index (χ2n) is 4.48. The first-order valence-electron chi connectivity index (χ1n) is 5.67. The van der Waals surface area contributed by atoms with E-state index in [2.05, 4.69) is 5.32 Å². The molecule has 0 aromatic carbocycles. The number of thiocarbonyl (C=S) groups is 1. The fraction of sp³-hybridized carbons (Fsp3) is 0.778. The van der Waals surface area contributed by atoms with Crippen LogP contribution < -0.4 is 11.1 Å². The highest BCUT2D eigenvalue weighted by Gasteiger charge is 2.41. The maximum Gasteiger partial charge on any atom is 0.317 e. The Morgan fingerprint density at radius 1 is 1.56 bits per heavy atom. The first-order chi connectivity index (χ1) is 8.34. The highest BCUT2D eigenvalue weighted by atomic mass is 32.2. The number of fused-ring (bicyclic) bond motifs is 1. The van der Waals surface area contributed by atoms with Crippen LogP contribution in [0.1, 0.15) is 6.92 Å². The lowest BCUT2D eigenvalue weighted by atomic mass is 10.2. The van der Waals surface area contributed by atoms with E-state index in [-0.39, 0.29) is 17.1 Å². The van der Waals surface area contributed by atoms with Crippen molar-refractivity contribution in [3.05, 3.63) is 0 Å². The molecule has 2 heterocycles. The van der Waals surface area contributed by atoms with E-state index in [0.717, 1.165) is 0 Å². The second kappa shape index (κ2) is 4.63. The summed E-state index contributed by atoms with van der Waals surface area (Å²) >= 11 is 4.74. The van der Waals surface area contributed by atoms with Gasteiger partial charge in [0.25, 0.3) is 0 Å². The molecular weight excluding hydrogens is 276 g/mol. The normalized spacial score (nSPS) is 26.6. The van der Waals surface area contributed by atoms with Gasteiger partial charge < -0.3 is 16.0 Å². The number of rotatable bonds is 3. The predicted octanol–water partition coefficient (Wildman–Crippen LogP) is -1.30. The van der Waals surface area contributed by atoms with Crippen LogP contribution in [0.25, 0.3) is 0 Å². The van der Waals surface area contributed by atoms with Gasteiger partial charge in [-0.25, -0.2) is 13.2 Å². The molecule has 0 bridgehead atoms. The molecule has 0 aromatic heterocycles. The molecule has 2 atom stereocenters. The standard InChI is InChI=1S/C9H16N4O3S2/c1-6(8(10)17)18(15,16)12-2-3-13-7(5-12)4-11-9(13)14/h6-7H,2-5H2,1H3,(H2,10,17)(H,11,14). The summed E-state index contributed by atoms with van der Waals surface area (Å²) in [6, 6.07) is -0.223. The molecular formula is C9H16N4O3S2. The topological polar surface area (TPSA) is 95.7 Å². The average molecular weight is 292 g/mol. The Morgan fingerprint density at radius 2 is 2.22 bits per heavy atom. The van der Waals surface area contributed by atoms with E-state index in [9.17, 15) is 13.2 Å². The molecule has 0 radical (unpaired) electrons. The Morgan fingerprint density at radius 3 is 2.83 bits per heavy atom. The van der Waals surface area contributed by atoms with Crippen LogP contribution in [0, 0.1) is 0 Å². The molecule has 2 aliphatic rings. The van der Waals surface area contributed by atoms with Crippen molar-refractivity contribution in [1.29, 1.82) is 0 Å². The van der Waals surface area contributed by atoms with Crippen molar-refractivity contribution in [1.82, 2.24) is 14.5 Å². The summed E-state index contributed by atoms with van der Waals surface area (Å²) in [6.45, 7) is 2.96. The van der Waals surface area contributed by atoms with E-state index in [1.54, 1.807) is 4.90 Å². The van der Waals surface area contributed by atoms with Gasteiger partial charge in [-0.2, -0.15) is 4.31 Å². The summed E-state index contributed by atoms with van der Waals surface area (Å²) in [4.78, 5) is 13.0. The quantitative estimate of drug-likeness (QED) is 0.630. The van der Waals surface area contributed by atoms with Crippen LogP contribution in [-0.2, 0) is 10.0 Å². The maximum absolute atomic E-state index is 12.2. The van der Waals surface area contributed by atoms with E-state index in [4.69, 9.17) is 18.0 Å². The summed E-state index contributed by atoms with van der Waals surface area (Å²) in [5.74, 6) is 0. The van der Waals surface area contributed by atoms with Gasteiger partial charge >= 0.3 is 6.03 Å². The zero-order valence-electron chi connectivity index (χ0n) is 10.00. The molecule has 0 aromatic rings. The van der Waals surface area contributed by atoms with E-state index < -0.39 is 15.3 Å². The molecule has 2 aliphatic heterocycles. The van der Waals surface area contributed by atoms with E-state index in [1.165, 1.54) is 11.2 Å². The van der Waals surface area contributed by atoms with Crippen LogP contribution in [0.2, 0.25) is 0 Å². The fourth-order valence-electron chi connectivity index (χ4n) is 2.18. The Kier molecular flexibility index (Phi) is 3.47. The number of sulfonamides is 1. The fourth-order valence-corrected chi connectivity index (χ4v) is 4.00. The van der Waals surface area contributed by atoms with Crippen molar-refractivity contribution < 1.29 is 13.2 Å². The third kappa shape index (κ3) is 2.17. The van der Waals surface area contributed by atoms with Crippen molar-refractivity contribution in [2.45, 2.75) is 18.2 Å². The second-order valence-corrected chi connectivity index (χ2v) is 7.21. The van der Waals surface area contributed by atoms with E-state index in [0.29, 0.717) is 26.2 Å². The highest BCUT2D eigenvalue weighted by molar-refractivity contribution is 7.92. The van der Waals surface area contributed by atoms with Gasteiger partial charge in [0.1, 0.15) is 5.25 Å². The van der Waals surface area contributed by atoms with Crippen LogP contribution >= 0.6 is 12.2 Å². The number of carbonyl (C=O) groups excluding carboxylic acids is 1. The highest BCUT2D eigenvalue weighted by Crippen LogP contribution is 2.19. The van der Waals surface area contributed by atoms with Crippen LogP contribution in [-0.4, -0.2) is 66.1 Å². The smallest absolute Gasteiger partial charge is 0.317 e. The number of piperazine rings is 1. The van der Waals surface area contributed by atoms with Crippen LogP contribution in [0.5, 0.6) is 0 Å². The summed E-state index contributed by atoms with van der Waals surface area (Å²) in [7, 11) is -3.52. The Bertz CT molecular complexity index is 478. The number of nitrogens with zero attached hydrogens (tertiary/aromatic N) is 2. The molecule has 3 N–H and O–H groups in total.